The Balaban J connectivity index is 2.47. The standard InChI is InChI=1S/C15H32N2O2/c1-4-18-12-10-17(11-13-19-5-2)15-9-7-6-8-14(15)16-3/h14-16H,4-13H2,1-3H3. The highest BCUT2D eigenvalue weighted by Gasteiger charge is 2.28. The summed E-state index contributed by atoms with van der Waals surface area (Å²) in [4.78, 5) is 2.56. The average molecular weight is 272 g/mol. The minimum absolute atomic E-state index is 0.622. The summed E-state index contributed by atoms with van der Waals surface area (Å²) in [6.07, 6.45) is 5.29. The number of ether oxygens (including phenoxy) is 2. The van der Waals surface area contributed by atoms with Gasteiger partial charge >= 0.3 is 0 Å². The molecule has 0 bridgehead atoms. The van der Waals surface area contributed by atoms with Crippen LogP contribution < -0.4 is 5.32 Å². The Morgan fingerprint density at radius 2 is 1.58 bits per heavy atom. The molecule has 1 fully saturated rings. The number of rotatable bonds is 10. The smallest absolute Gasteiger partial charge is 0.0593 e. The number of likely N-dealkylation sites (N-methyl/N-ethyl adjacent to an activating group) is 1. The van der Waals surface area contributed by atoms with Crippen LogP contribution in [0.15, 0.2) is 0 Å². The van der Waals surface area contributed by atoms with Crippen LogP contribution in [-0.4, -0.2) is 63.5 Å². The lowest BCUT2D eigenvalue weighted by Gasteiger charge is -2.40. The molecule has 0 saturated heterocycles. The van der Waals surface area contributed by atoms with E-state index in [9.17, 15) is 0 Å². The van der Waals surface area contributed by atoms with Gasteiger partial charge in [0.2, 0.25) is 0 Å². The van der Waals surface area contributed by atoms with Gasteiger partial charge in [0.05, 0.1) is 13.2 Å². The molecule has 0 heterocycles. The molecule has 114 valence electrons. The van der Waals surface area contributed by atoms with Crippen LogP contribution in [0.1, 0.15) is 39.5 Å². The number of nitrogens with zero attached hydrogens (tertiary/aromatic N) is 1. The summed E-state index contributed by atoms with van der Waals surface area (Å²) in [6, 6.07) is 1.26. The van der Waals surface area contributed by atoms with Crippen LogP contribution in [0.25, 0.3) is 0 Å². The molecule has 1 N–H and O–H groups in total. The van der Waals surface area contributed by atoms with E-state index in [4.69, 9.17) is 9.47 Å². The van der Waals surface area contributed by atoms with Gasteiger partial charge in [0.25, 0.3) is 0 Å². The molecule has 19 heavy (non-hydrogen) atoms. The molecule has 1 aliphatic rings. The first-order valence-electron chi connectivity index (χ1n) is 7.90. The van der Waals surface area contributed by atoms with E-state index in [2.05, 4.69) is 31.1 Å². The second-order valence-corrected chi connectivity index (χ2v) is 5.18. The lowest BCUT2D eigenvalue weighted by Crippen LogP contribution is -2.52. The van der Waals surface area contributed by atoms with Crippen molar-refractivity contribution in [2.45, 2.75) is 51.6 Å². The van der Waals surface area contributed by atoms with Crippen LogP contribution in [0, 0.1) is 0 Å². The summed E-state index contributed by atoms with van der Waals surface area (Å²) < 4.78 is 11.1. The Kier molecular flexibility index (Phi) is 9.43. The largest absolute Gasteiger partial charge is 0.380 e. The number of nitrogens with one attached hydrogen (secondary N) is 1. The van der Waals surface area contributed by atoms with E-state index in [-0.39, 0.29) is 0 Å². The zero-order valence-corrected chi connectivity index (χ0v) is 13.0. The van der Waals surface area contributed by atoms with Crippen molar-refractivity contribution >= 4 is 0 Å². The van der Waals surface area contributed by atoms with E-state index in [0.717, 1.165) is 39.5 Å². The molecule has 0 radical (unpaired) electrons. The first-order valence-corrected chi connectivity index (χ1v) is 7.90. The molecule has 2 atom stereocenters. The van der Waals surface area contributed by atoms with Gasteiger partial charge in [0.1, 0.15) is 0 Å². The van der Waals surface area contributed by atoms with E-state index in [1.807, 2.05) is 0 Å². The Bertz CT molecular complexity index is 204. The molecular weight excluding hydrogens is 240 g/mol. The van der Waals surface area contributed by atoms with Crippen LogP contribution in [0.3, 0.4) is 0 Å². The summed E-state index contributed by atoms with van der Waals surface area (Å²) in [6.45, 7) is 9.42. The molecule has 0 aromatic rings. The Labute approximate surface area is 118 Å². The van der Waals surface area contributed by atoms with Crippen molar-refractivity contribution in [3.63, 3.8) is 0 Å². The SMILES string of the molecule is CCOCCN(CCOCC)C1CCCCC1NC. The zero-order chi connectivity index (χ0) is 13.9. The Hall–Kier alpha value is -0.160. The summed E-state index contributed by atoms with van der Waals surface area (Å²) in [5, 5.41) is 3.49. The molecule has 4 heteroatoms. The highest BCUT2D eigenvalue weighted by atomic mass is 16.5. The molecule has 4 nitrogen and oxygen atoms in total. The maximum Gasteiger partial charge on any atom is 0.0593 e. The Morgan fingerprint density at radius 1 is 1.00 bits per heavy atom. The van der Waals surface area contributed by atoms with Crippen LogP contribution >= 0.6 is 0 Å². The highest BCUT2D eigenvalue weighted by Crippen LogP contribution is 2.23. The molecule has 1 saturated carbocycles. The molecule has 0 aromatic heterocycles. The normalized spacial score (nSPS) is 24.0. The molecule has 0 amide bonds. The van der Waals surface area contributed by atoms with Crippen molar-refractivity contribution in [2.24, 2.45) is 0 Å². The van der Waals surface area contributed by atoms with Gasteiger partial charge in [-0.15, -0.1) is 0 Å². The van der Waals surface area contributed by atoms with Crippen molar-refractivity contribution in [2.75, 3.05) is 46.6 Å². The van der Waals surface area contributed by atoms with Crippen molar-refractivity contribution < 1.29 is 9.47 Å². The van der Waals surface area contributed by atoms with Gasteiger partial charge < -0.3 is 14.8 Å². The van der Waals surface area contributed by atoms with Crippen molar-refractivity contribution in [3.8, 4) is 0 Å². The molecule has 0 aliphatic heterocycles. The van der Waals surface area contributed by atoms with Gasteiger partial charge in [0, 0.05) is 38.4 Å². The van der Waals surface area contributed by atoms with E-state index in [1.165, 1.54) is 25.7 Å². The minimum atomic E-state index is 0.622. The first kappa shape index (κ1) is 16.9. The van der Waals surface area contributed by atoms with E-state index in [0.29, 0.717) is 12.1 Å². The highest BCUT2D eigenvalue weighted by molar-refractivity contribution is 4.87. The number of hydrogen-bond acceptors (Lipinski definition) is 4. The summed E-state index contributed by atoms with van der Waals surface area (Å²) in [7, 11) is 2.09. The van der Waals surface area contributed by atoms with Crippen molar-refractivity contribution in [3.05, 3.63) is 0 Å². The lowest BCUT2D eigenvalue weighted by molar-refractivity contribution is 0.0431. The van der Waals surface area contributed by atoms with Gasteiger partial charge in [0.15, 0.2) is 0 Å². The van der Waals surface area contributed by atoms with Crippen LogP contribution in [-0.2, 0) is 9.47 Å². The summed E-state index contributed by atoms with van der Waals surface area (Å²) >= 11 is 0. The summed E-state index contributed by atoms with van der Waals surface area (Å²) in [5.41, 5.74) is 0. The predicted octanol–water partition coefficient (Wildman–Crippen LogP) is 1.89. The van der Waals surface area contributed by atoms with Gasteiger partial charge in [-0.2, -0.15) is 0 Å². The van der Waals surface area contributed by atoms with Gasteiger partial charge in [-0.05, 0) is 33.7 Å². The zero-order valence-electron chi connectivity index (χ0n) is 13.0. The molecule has 0 aromatic carbocycles. The quantitative estimate of drug-likeness (QED) is 0.616. The molecule has 1 aliphatic carbocycles. The van der Waals surface area contributed by atoms with Crippen molar-refractivity contribution in [1.29, 1.82) is 0 Å². The average Bonchev–Trinajstić information content (AvgIpc) is 2.46. The molecule has 0 spiro atoms. The third-order valence-electron chi connectivity index (χ3n) is 4.02. The summed E-state index contributed by atoms with van der Waals surface area (Å²) in [5.74, 6) is 0. The van der Waals surface area contributed by atoms with Gasteiger partial charge in [-0.25, -0.2) is 0 Å². The fraction of sp³-hybridized carbons (Fsp3) is 1.00. The predicted molar refractivity (Wildman–Crippen MR) is 79.7 cm³/mol. The van der Waals surface area contributed by atoms with Crippen molar-refractivity contribution in [1.82, 2.24) is 10.2 Å². The molecular formula is C15H32N2O2. The maximum absolute atomic E-state index is 5.53. The van der Waals surface area contributed by atoms with Crippen LogP contribution in [0.2, 0.25) is 0 Å². The third kappa shape index (κ3) is 6.21. The second kappa shape index (κ2) is 10.6. The van der Waals surface area contributed by atoms with Gasteiger partial charge in [-0.1, -0.05) is 12.8 Å². The van der Waals surface area contributed by atoms with Crippen LogP contribution in [0.5, 0.6) is 0 Å². The van der Waals surface area contributed by atoms with E-state index >= 15 is 0 Å². The minimum Gasteiger partial charge on any atom is -0.380 e. The fourth-order valence-corrected chi connectivity index (χ4v) is 2.98. The lowest BCUT2D eigenvalue weighted by atomic mass is 9.89. The second-order valence-electron chi connectivity index (χ2n) is 5.18. The van der Waals surface area contributed by atoms with E-state index in [1.54, 1.807) is 0 Å². The first-order chi connectivity index (χ1) is 9.33. The van der Waals surface area contributed by atoms with E-state index < -0.39 is 0 Å². The monoisotopic (exact) mass is 272 g/mol. The maximum atomic E-state index is 5.53. The molecule has 2 unspecified atom stereocenters. The fourth-order valence-electron chi connectivity index (χ4n) is 2.98. The third-order valence-corrected chi connectivity index (χ3v) is 4.02. The number of hydrogen-bond donors (Lipinski definition) is 1. The topological polar surface area (TPSA) is 33.7 Å². The van der Waals surface area contributed by atoms with Gasteiger partial charge in [-0.3, -0.25) is 4.90 Å². The Morgan fingerprint density at radius 3 is 2.11 bits per heavy atom. The molecule has 1 rings (SSSR count). The van der Waals surface area contributed by atoms with Crippen LogP contribution in [0.4, 0.5) is 0 Å².